The number of aryl methyl sites for hydroxylation is 1. The van der Waals surface area contributed by atoms with Crippen molar-refractivity contribution in [2.24, 2.45) is 0 Å². The molecule has 0 spiro atoms. The van der Waals surface area contributed by atoms with Gasteiger partial charge in [-0.15, -0.1) is 0 Å². The Hall–Kier alpha value is -2.63. The smallest absolute Gasteiger partial charge is 1.00 e. The Morgan fingerprint density at radius 2 is 1.22 bits per heavy atom. The molecule has 0 radical (unpaired) electrons. The van der Waals surface area contributed by atoms with Gasteiger partial charge in [0.05, 0.1) is 0 Å². The van der Waals surface area contributed by atoms with Crippen molar-refractivity contribution < 1.29 is 46.7 Å². The van der Waals surface area contributed by atoms with E-state index in [1.54, 1.807) is 9.44 Å². The fourth-order valence-corrected chi connectivity index (χ4v) is 24.9. The Morgan fingerprint density at radius 1 is 0.696 bits per heavy atom. The molecule has 235 valence electrons. The molecule has 1 nitrogen and oxygen atoms in total. The van der Waals surface area contributed by atoms with E-state index in [2.05, 4.69) is 173 Å². The Balaban J connectivity index is 0.00000240. The van der Waals surface area contributed by atoms with Gasteiger partial charge in [0.25, 0.3) is 0 Å². The maximum absolute atomic E-state index is 7.16. The number of ether oxygens (including phenoxy) is 1. The van der Waals surface area contributed by atoms with Crippen molar-refractivity contribution in [3.05, 3.63) is 165 Å². The number of allylic oxidation sites excluding steroid dienone is 1. The quantitative estimate of drug-likeness (QED) is 0.164. The Bertz CT molecular complexity index is 1730. The molecule has 0 bridgehead atoms. The predicted octanol–water partition coefficient (Wildman–Crippen LogP) is 4.22. The molecule has 1 aliphatic rings. The van der Waals surface area contributed by atoms with Gasteiger partial charge in [0.2, 0.25) is 0 Å². The molecular formula is C40H43Cl2OSi2Ti. The van der Waals surface area contributed by atoms with Crippen molar-refractivity contribution in [1.82, 2.24) is 0 Å². The van der Waals surface area contributed by atoms with Gasteiger partial charge in [0.15, 0.2) is 0 Å². The number of halogens is 2. The van der Waals surface area contributed by atoms with Crippen molar-refractivity contribution in [2.45, 2.75) is 51.1 Å². The van der Waals surface area contributed by atoms with Crippen LogP contribution in [0.2, 0.25) is 32.7 Å². The first-order chi connectivity index (χ1) is 21.2. The fraction of sp³-hybridized carbons (Fsp3) is 0.200. The van der Waals surface area contributed by atoms with E-state index >= 15 is 0 Å². The van der Waals surface area contributed by atoms with Crippen molar-refractivity contribution in [2.75, 3.05) is 0 Å². The summed E-state index contributed by atoms with van der Waals surface area (Å²) in [5, 5.41) is 0. The normalized spacial score (nSPS) is 13.8. The number of hydrogen-bond donors (Lipinski definition) is 0. The van der Waals surface area contributed by atoms with Gasteiger partial charge in [-0.05, 0) is 0 Å². The van der Waals surface area contributed by atoms with Crippen LogP contribution in [0.3, 0.4) is 0 Å². The third-order valence-corrected chi connectivity index (χ3v) is 23.9. The second-order valence-corrected chi connectivity index (χ2v) is 31.9. The van der Waals surface area contributed by atoms with E-state index in [1.165, 1.54) is 31.7 Å². The van der Waals surface area contributed by atoms with E-state index in [9.17, 15) is 0 Å². The Morgan fingerprint density at radius 3 is 1.76 bits per heavy atom. The van der Waals surface area contributed by atoms with Crippen molar-refractivity contribution in [3.63, 3.8) is 0 Å². The summed E-state index contributed by atoms with van der Waals surface area (Å²) in [5.41, 5.74) is 8.77. The minimum absolute atomic E-state index is 0. The van der Waals surface area contributed by atoms with Crippen LogP contribution in [0.5, 0.6) is 11.5 Å². The molecular weight excluding hydrogens is 671 g/mol. The first kappa shape index (κ1) is 36.2. The molecule has 0 aromatic heterocycles. The summed E-state index contributed by atoms with van der Waals surface area (Å²) >= 11 is -2.01. The zero-order valence-electron chi connectivity index (χ0n) is 27.6. The van der Waals surface area contributed by atoms with Gasteiger partial charge in [-0.1, -0.05) is 0 Å². The van der Waals surface area contributed by atoms with Crippen molar-refractivity contribution >= 4 is 24.7 Å². The SMILES string of the molecule is Cc1cc(C(c2ccccc2)c2ccccc2)c(Oc2ccccc2)[c]([Ti+2]([C]2=Cc3ccccc3C2[Si](C)(C)C)[SiH](C)C)c1.[Cl-].[Cl-]. The van der Waals surface area contributed by atoms with Crippen LogP contribution in [0.4, 0.5) is 0 Å². The molecule has 6 heteroatoms. The summed E-state index contributed by atoms with van der Waals surface area (Å²) in [5.74, 6) is 2.08. The summed E-state index contributed by atoms with van der Waals surface area (Å²) in [6.45, 7) is 14.1. The van der Waals surface area contributed by atoms with Crippen LogP contribution in [0.15, 0.2) is 131 Å². The molecule has 0 aliphatic heterocycles. The van der Waals surface area contributed by atoms with Crippen LogP contribution in [0, 0.1) is 6.92 Å². The molecule has 0 heterocycles. The molecule has 1 atom stereocenters. The first-order valence-corrected chi connectivity index (χ1v) is 26.6. The van der Waals surface area contributed by atoms with E-state index in [-0.39, 0.29) is 30.7 Å². The third-order valence-electron chi connectivity index (χ3n) is 8.78. The largest absolute Gasteiger partial charge is 1.00 e. The second kappa shape index (κ2) is 15.5. The number of rotatable bonds is 9. The molecule has 6 rings (SSSR count). The minimum atomic E-state index is -2.01. The van der Waals surface area contributed by atoms with E-state index in [4.69, 9.17) is 4.74 Å². The zero-order chi connectivity index (χ0) is 30.8. The summed E-state index contributed by atoms with van der Waals surface area (Å²) < 4.78 is 10.4. The molecule has 1 unspecified atom stereocenters. The van der Waals surface area contributed by atoms with E-state index in [0.717, 1.165) is 11.5 Å². The van der Waals surface area contributed by atoms with Crippen LogP contribution in [0.1, 0.15) is 44.8 Å². The number of para-hydroxylation sites is 1. The van der Waals surface area contributed by atoms with E-state index < -0.39 is 31.9 Å². The molecule has 46 heavy (non-hydrogen) atoms. The Kier molecular flexibility index (Phi) is 12.2. The summed E-state index contributed by atoms with van der Waals surface area (Å²) in [6, 6.07) is 46.6. The fourth-order valence-electron chi connectivity index (χ4n) is 7.07. The van der Waals surface area contributed by atoms with Crippen LogP contribution < -0.4 is 33.4 Å². The molecule has 0 saturated carbocycles. The molecule has 1 aliphatic carbocycles. The summed E-state index contributed by atoms with van der Waals surface area (Å²) in [6.07, 6.45) is 2.63. The van der Waals surface area contributed by atoms with Gasteiger partial charge in [-0.3, -0.25) is 0 Å². The summed E-state index contributed by atoms with van der Waals surface area (Å²) in [7, 11) is -1.57. The van der Waals surface area contributed by atoms with Gasteiger partial charge < -0.3 is 24.8 Å². The monoisotopic (exact) mass is 713 g/mol. The van der Waals surface area contributed by atoms with E-state index in [1.807, 2.05) is 0 Å². The number of benzene rings is 5. The maximum Gasteiger partial charge on any atom is -1.00 e. The topological polar surface area (TPSA) is 9.23 Å². The van der Waals surface area contributed by atoms with Crippen LogP contribution >= 0.6 is 0 Å². The molecule has 0 fully saturated rings. The van der Waals surface area contributed by atoms with Crippen LogP contribution in [0.25, 0.3) is 6.08 Å². The summed E-state index contributed by atoms with van der Waals surface area (Å²) in [4.78, 5) is 0. The third kappa shape index (κ3) is 7.57. The second-order valence-electron chi connectivity index (χ2n) is 13.5. The maximum atomic E-state index is 7.16. The van der Waals surface area contributed by atoms with Crippen LogP contribution in [-0.2, 0) is 17.1 Å². The van der Waals surface area contributed by atoms with Gasteiger partial charge in [0, 0.05) is 0 Å². The van der Waals surface area contributed by atoms with Gasteiger partial charge >= 0.3 is 274 Å². The van der Waals surface area contributed by atoms with Crippen molar-refractivity contribution in [1.29, 1.82) is 0 Å². The standard InChI is InChI=1S/C26H21O.C12H15Si.C2H7Si.2ClH.Ti/c1-20-17-18-25(27-23-15-9-4-10-16-23)24(19-20)26(21-11-5-2-6-12-21)22-13-7-3-8-14-22;1-13(2,3)12-9-8-10-6-4-5-7-11(10)12;1-3-2;;;/h2-17,19,26H,1H3;4-8,12H,1-3H3;3H,1-2H3;2*1H;/q;;;;;+2/p-2. The Labute approximate surface area is 296 Å². The zero-order valence-corrected chi connectivity index (χ0v) is 32.8. The van der Waals surface area contributed by atoms with E-state index in [0.29, 0.717) is 5.54 Å². The van der Waals surface area contributed by atoms with Gasteiger partial charge in [-0.25, -0.2) is 0 Å². The molecule has 0 N–H and O–H groups in total. The van der Waals surface area contributed by atoms with Gasteiger partial charge in [0.1, 0.15) is 0 Å². The number of fused-ring (bicyclic) bond motifs is 1. The minimum Gasteiger partial charge on any atom is -1.00 e. The average molecular weight is 715 g/mol. The molecule has 5 aromatic carbocycles. The predicted molar refractivity (Wildman–Crippen MR) is 191 cm³/mol. The van der Waals surface area contributed by atoms with Crippen molar-refractivity contribution in [3.8, 4) is 11.5 Å². The number of hydrogen-bond acceptors (Lipinski definition) is 1. The molecule has 5 aromatic rings. The molecule has 0 amide bonds. The van der Waals surface area contributed by atoms with Gasteiger partial charge in [-0.2, -0.15) is 0 Å². The van der Waals surface area contributed by atoms with Crippen LogP contribution in [-0.4, -0.2) is 14.7 Å². The average Bonchev–Trinajstić information content (AvgIpc) is 3.40. The first-order valence-electron chi connectivity index (χ1n) is 15.9. The molecule has 0 saturated heterocycles.